The molecule has 0 amide bonds. The fourth-order valence-corrected chi connectivity index (χ4v) is 6.49. The zero-order valence-corrected chi connectivity index (χ0v) is 11.8. The number of benzene rings is 1. The van der Waals surface area contributed by atoms with Crippen molar-refractivity contribution < 1.29 is 16.2 Å². The summed E-state index contributed by atoms with van der Waals surface area (Å²) >= 11 is -3.52. The van der Waals surface area contributed by atoms with Crippen molar-refractivity contribution in [2.24, 2.45) is 0 Å². The van der Waals surface area contributed by atoms with Crippen LogP contribution in [0.15, 0.2) is 24.3 Å². The normalized spacial score (nSPS) is 26.1. The van der Waals surface area contributed by atoms with Crippen LogP contribution in [0.2, 0.25) is 0 Å². The van der Waals surface area contributed by atoms with Gasteiger partial charge in [-0.2, -0.15) is 0 Å². The van der Waals surface area contributed by atoms with E-state index >= 15 is 0 Å². The molecule has 1 aliphatic heterocycles. The molecule has 5 heteroatoms. The molecule has 0 fully saturated rings. The second kappa shape index (κ2) is 4.42. The van der Waals surface area contributed by atoms with E-state index < -0.39 is 30.0 Å². The van der Waals surface area contributed by atoms with Crippen molar-refractivity contribution in [3.05, 3.63) is 33.4 Å². The molecule has 0 radical (unpaired) electrons. The molecule has 1 heterocycles. The van der Waals surface area contributed by atoms with E-state index in [2.05, 4.69) is 0 Å². The molecule has 0 spiro atoms. The van der Waals surface area contributed by atoms with E-state index in [-0.39, 0.29) is 0 Å². The molecule has 0 saturated heterocycles. The Bertz CT molecular complexity index is 418. The number of hydrogen-bond acceptors (Lipinski definition) is 1. The Labute approximate surface area is 106 Å². The predicted molar refractivity (Wildman–Crippen MR) is 68.6 cm³/mol. The number of fused-ring (bicyclic) bond motifs is 1. The minimum absolute atomic E-state index is 0.417. The maximum atomic E-state index is 13.0. The molecule has 0 aliphatic carbocycles. The Balaban J connectivity index is 2.47. The first-order valence-electron chi connectivity index (χ1n) is 5.44. The zero-order chi connectivity index (χ0) is 12.7. The van der Waals surface area contributed by atoms with E-state index in [1.165, 1.54) is 0 Å². The van der Waals surface area contributed by atoms with Crippen LogP contribution in [-0.4, -0.2) is 4.18 Å². The van der Waals surface area contributed by atoms with Gasteiger partial charge in [-0.05, 0) is 0 Å². The van der Waals surface area contributed by atoms with Gasteiger partial charge >= 0.3 is 106 Å². The Hall–Kier alpha value is -0.300. The van der Waals surface area contributed by atoms with Crippen LogP contribution in [0, 0.1) is 3.57 Å². The van der Waals surface area contributed by atoms with Gasteiger partial charge in [0.05, 0.1) is 0 Å². The molecule has 17 heavy (non-hydrogen) atoms. The van der Waals surface area contributed by atoms with Crippen molar-refractivity contribution in [1.82, 2.24) is 0 Å². The number of halogens is 4. The van der Waals surface area contributed by atoms with Gasteiger partial charge in [0.25, 0.3) is 0 Å². The van der Waals surface area contributed by atoms with Gasteiger partial charge in [-0.3, -0.25) is 0 Å². The van der Waals surface area contributed by atoms with Crippen LogP contribution in [0.5, 0.6) is 0 Å². The topological polar surface area (TPSA) is 9.23 Å². The van der Waals surface area contributed by atoms with Gasteiger partial charge in [-0.15, -0.1) is 0 Å². The van der Waals surface area contributed by atoms with E-state index in [4.69, 9.17) is 3.07 Å². The molecular formula is C12H14F3IO. The van der Waals surface area contributed by atoms with Crippen molar-refractivity contribution >= 4 is 20.2 Å². The summed E-state index contributed by atoms with van der Waals surface area (Å²) in [4.78, 5) is 0. The molecule has 1 aliphatic rings. The third kappa shape index (κ3) is 2.31. The molecular weight excluding hydrogens is 344 g/mol. The van der Waals surface area contributed by atoms with Crippen molar-refractivity contribution in [3.63, 3.8) is 0 Å². The van der Waals surface area contributed by atoms with Crippen LogP contribution < -0.4 is 0 Å². The number of hydrogen-bond donors (Lipinski definition) is 0. The molecule has 2 rings (SSSR count). The number of rotatable bonds is 2. The second-order valence-corrected chi connectivity index (χ2v) is 8.46. The molecule has 0 N–H and O–H groups in total. The summed E-state index contributed by atoms with van der Waals surface area (Å²) in [5.41, 5.74) is -0.00417. The van der Waals surface area contributed by atoms with E-state index in [0.717, 1.165) is 12.0 Å². The Kier molecular flexibility index (Phi) is 3.42. The van der Waals surface area contributed by atoms with Crippen molar-refractivity contribution in [2.45, 2.75) is 36.5 Å². The molecule has 1 atom stereocenters. The molecule has 0 bridgehead atoms. The summed E-state index contributed by atoms with van der Waals surface area (Å²) in [5.74, 6) is 0. The van der Waals surface area contributed by atoms with Crippen LogP contribution in [0.3, 0.4) is 0 Å². The van der Waals surface area contributed by atoms with Crippen LogP contribution >= 0.6 is 20.2 Å². The van der Waals surface area contributed by atoms with Gasteiger partial charge in [0, 0.05) is 0 Å². The van der Waals surface area contributed by atoms with Gasteiger partial charge in [-0.25, -0.2) is 0 Å². The van der Waals surface area contributed by atoms with Gasteiger partial charge < -0.3 is 0 Å². The Morgan fingerprint density at radius 3 is 2.53 bits per heavy atom. The van der Waals surface area contributed by atoms with E-state index in [1.807, 2.05) is 6.92 Å². The third-order valence-electron chi connectivity index (χ3n) is 2.80. The summed E-state index contributed by atoms with van der Waals surface area (Å²) in [7, 11) is 0. The Morgan fingerprint density at radius 1 is 1.29 bits per heavy atom. The Morgan fingerprint density at radius 2 is 1.94 bits per heavy atom. The van der Waals surface area contributed by atoms with E-state index in [9.17, 15) is 13.2 Å². The van der Waals surface area contributed by atoms with Crippen LogP contribution in [0.25, 0.3) is 0 Å². The molecule has 1 aromatic rings. The first-order valence-corrected chi connectivity index (χ1v) is 8.48. The summed E-state index contributed by atoms with van der Waals surface area (Å²) in [6.45, 7) is 3.74. The van der Waals surface area contributed by atoms with Gasteiger partial charge in [-0.1, -0.05) is 0 Å². The SMILES string of the molecule is CCCC1(C)OI(C(F)(F)F)c2ccccc21. The van der Waals surface area contributed by atoms with Crippen molar-refractivity contribution in [3.8, 4) is 0 Å². The first kappa shape index (κ1) is 13.1. The number of alkyl halides is 4. The van der Waals surface area contributed by atoms with Gasteiger partial charge in [0.15, 0.2) is 0 Å². The summed E-state index contributed by atoms with van der Waals surface area (Å²) in [5, 5.41) is 0. The fourth-order valence-electron chi connectivity index (χ4n) is 2.10. The van der Waals surface area contributed by atoms with Gasteiger partial charge in [0.2, 0.25) is 0 Å². The molecule has 1 aromatic carbocycles. The first-order chi connectivity index (χ1) is 7.88. The maximum absolute atomic E-state index is 13.0. The average molecular weight is 358 g/mol. The minimum atomic E-state index is -4.19. The second-order valence-electron chi connectivity index (χ2n) is 4.22. The molecule has 1 nitrogen and oxygen atoms in total. The predicted octanol–water partition coefficient (Wildman–Crippen LogP) is 4.84. The fraction of sp³-hybridized carbons (Fsp3) is 0.500. The summed E-state index contributed by atoms with van der Waals surface area (Å²) in [6.07, 6.45) is 1.45. The molecule has 0 aromatic heterocycles. The molecule has 1 unspecified atom stereocenters. The standard InChI is InChI=1S/C12H14F3IO/c1-3-8-11(2)9-6-4-5-7-10(9)16(17-11)12(13,14)15/h4-7H,3,8H2,1-2H3. The summed E-state index contributed by atoms with van der Waals surface area (Å²) in [6, 6.07) is 6.80. The van der Waals surface area contributed by atoms with E-state index in [1.54, 1.807) is 31.2 Å². The van der Waals surface area contributed by atoms with Crippen molar-refractivity contribution in [2.75, 3.05) is 0 Å². The monoisotopic (exact) mass is 358 g/mol. The summed E-state index contributed by atoms with van der Waals surface area (Å²) < 4.78 is 40.6. The van der Waals surface area contributed by atoms with Crippen LogP contribution in [0.4, 0.5) is 13.2 Å². The van der Waals surface area contributed by atoms with Crippen LogP contribution in [0.1, 0.15) is 32.3 Å². The molecule has 96 valence electrons. The third-order valence-corrected chi connectivity index (χ3v) is 7.32. The van der Waals surface area contributed by atoms with Crippen LogP contribution in [-0.2, 0) is 8.67 Å². The van der Waals surface area contributed by atoms with Crippen molar-refractivity contribution in [1.29, 1.82) is 0 Å². The molecule has 0 saturated carbocycles. The quantitative estimate of drug-likeness (QED) is 0.543. The van der Waals surface area contributed by atoms with E-state index in [0.29, 0.717) is 9.99 Å². The average Bonchev–Trinajstić information content (AvgIpc) is 2.54. The van der Waals surface area contributed by atoms with Gasteiger partial charge in [0.1, 0.15) is 0 Å². The zero-order valence-electron chi connectivity index (χ0n) is 9.64.